The number of carbonyl (C=O) groups excluding carboxylic acids is 2. The lowest BCUT2D eigenvalue weighted by Gasteiger charge is -2.29. The number of rotatable bonds is 5. The summed E-state index contributed by atoms with van der Waals surface area (Å²) < 4.78 is 15.9. The van der Waals surface area contributed by atoms with Gasteiger partial charge in [-0.3, -0.25) is 9.59 Å². The van der Waals surface area contributed by atoms with Crippen molar-refractivity contribution in [3.8, 4) is 11.5 Å². The molecular weight excluding hydrogens is 384 g/mol. The molecule has 2 amide bonds. The van der Waals surface area contributed by atoms with Crippen molar-refractivity contribution < 1.29 is 23.5 Å². The van der Waals surface area contributed by atoms with E-state index < -0.39 is 0 Å². The van der Waals surface area contributed by atoms with Gasteiger partial charge in [0.1, 0.15) is 0 Å². The molecule has 0 atom stereocenters. The number of anilines is 2. The Labute approximate surface area is 174 Å². The first-order valence-corrected chi connectivity index (χ1v) is 9.63. The van der Waals surface area contributed by atoms with Gasteiger partial charge in [0.2, 0.25) is 0 Å². The zero-order valence-electron chi connectivity index (χ0n) is 16.8. The summed E-state index contributed by atoms with van der Waals surface area (Å²) in [4.78, 5) is 27.3. The Kier molecular flexibility index (Phi) is 5.43. The Morgan fingerprint density at radius 2 is 1.93 bits per heavy atom. The van der Waals surface area contributed by atoms with E-state index in [0.717, 1.165) is 24.1 Å². The van der Waals surface area contributed by atoms with Gasteiger partial charge in [0.25, 0.3) is 11.8 Å². The first-order valence-electron chi connectivity index (χ1n) is 9.63. The van der Waals surface area contributed by atoms with E-state index in [1.165, 1.54) is 20.5 Å². The van der Waals surface area contributed by atoms with Crippen molar-refractivity contribution in [2.24, 2.45) is 0 Å². The number of furan rings is 1. The average Bonchev–Trinajstić information content (AvgIpc) is 3.32. The van der Waals surface area contributed by atoms with Gasteiger partial charge in [-0.15, -0.1) is 0 Å². The van der Waals surface area contributed by atoms with E-state index in [1.807, 2.05) is 12.1 Å². The van der Waals surface area contributed by atoms with Crippen molar-refractivity contribution in [1.82, 2.24) is 0 Å². The van der Waals surface area contributed by atoms with E-state index in [9.17, 15) is 9.59 Å². The molecule has 154 valence electrons. The van der Waals surface area contributed by atoms with E-state index in [1.54, 1.807) is 41.3 Å². The van der Waals surface area contributed by atoms with Gasteiger partial charge in [0.15, 0.2) is 17.3 Å². The van der Waals surface area contributed by atoms with Crippen LogP contribution in [0, 0.1) is 0 Å². The van der Waals surface area contributed by atoms with E-state index in [4.69, 9.17) is 13.9 Å². The first kappa shape index (κ1) is 19.6. The number of hydrogen-bond donors (Lipinski definition) is 1. The summed E-state index contributed by atoms with van der Waals surface area (Å²) in [5, 5.41) is 2.91. The van der Waals surface area contributed by atoms with Gasteiger partial charge in [-0.05, 0) is 60.9 Å². The summed E-state index contributed by atoms with van der Waals surface area (Å²) in [6.07, 6.45) is 3.15. The molecule has 1 aliphatic heterocycles. The van der Waals surface area contributed by atoms with Gasteiger partial charge in [0.05, 0.1) is 26.0 Å². The Morgan fingerprint density at radius 1 is 1.07 bits per heavy atom. The molecule has 2 heterocycles. The summed E-state index contributed by atoms with van der Waals surface area (Å²) in [5.74, 6) is 0.711. The smallest absolute Gasteiger partial charge is 0.293 e. The molecular formula is C23H22N2O5. The van der Waals surface area contributed by atoms with E-state index in [-0.39, 0.29) is 11.8 Å². The number of para-hydroxylation sites is 1. The Balaban J connectivity index is 1.58. The fourth-order valence-corrected chi connectivity index (χ4v) is 3.68. The van der Waals surface area contributed by atoms with Crippen LogP contribution in [0.15, 0.2) is 59.2 Å². The van der Waals surface area contributed by atoms with Gasteiger partial charge in [0, 0.05) is 17.9 Å². The topological polar surface area (TPSA) is 81.0 Å². The highest BCUT2D eigenvalue weighted by atomic mass is 16.5. The molecule has 2 aromatic carbocycles. The van der Waals surface area contributed by atoms with Crippen LogP contribution in [0.4, 0.5) is 11.4 Å². The summed E-state index contributed by atoms with van der Waals surface area (Å²) in [7, 11) is 3.02. The number of carbonyl (C=O) groups is 2. The van der Waals surface area contributed by atoms with Crippen LogP contribution in [0.25, 0.3) is 0 Å². The monoisotopic (exact) mass is 406 g/mol. The maximum atomic E-state index is 12.8. The minimum Gasteiger partial charge on any atom is -0.493 e. The lowest BCUT2D eigenvalue weighted by molar-refractivity contribution is 0.0957. The van der Waals surface area contributed by atoms with Crippen LogP contribution in [0.5, 0.6) is 11.5 Å². The van der Waals surface area contributed by atoms with Crippen LogP contribution in [-0.4, -0.2) is 32.6 Å². The predicted molar refractivity (Wildman–Crippen MR) is 113 cm³/mol. The van der Waals surface area contributed by atoms with E-state index in [0.29, 0.717) is 35.1 Å². The summed E-state index contributed by atoms with van der Waals surface area (Å²) in [6.45, 7) is 0.624. The summed E-state index contributed by atoms with van der Waals surface area (Å²) in [5.41, 5.74) is 2.86. The lowest BCUT2D eigenvalue weighted by Crippen LogP contribution is -2.35. The molecule has 1 N–H and O–H groups in total. The number of nitrogens with one attached hydrogen (secondary N) is 1. The normalized spacial score (nSPS) is 12.8. The quantitative estimate of drug-likeness (QED) is 0.689. The van der Waals surface area contributed by atoms with Gasteiger partial charge >= 0.3 is 0 Å². The number of methoxy groups -OCH3 is 2. The standard InChI is InChI=1S/C23H22N2O5/c1-28-19-8-3-7-17(21(19)29-2)22(26)24-16-10-11-18-15(14-16)6-4-12-25(18)23(27)20-9-5-13-30-20/h3,5,7-11,13-14H,4,6,12H2,1-2H3,(H,24,26). The molecule has 0 unspecified atom stereocenters. The second kappa shape index (κ2) is 8.32. The SMILES string of the molecule is COc1cccc(C(=O)Nc2ccc3c(c2)CCCN3C(=O)c2ccco2)c1OC. The van der Waals surface area contributed by atoms with Gasteiger partial charge in [-0.25, -0.2) is 0 Å². The van der Waals surface area contributed by atoms with Crippen LogP contribution >= 0.6 is 0 Å². The van der Waals surface area contributed by atoms with Gasteiger partial charge in [-0.2, -0.15) is 0 Å². The molecule has 0 saturated carbocycles. The zero-order chi connectivity index (χ0) is 21.1. The summed E-state index contributed by atoms with van der Waals surface area (Å²) in [6, 6.07) is 14.1. The number of benzene rings is 2. The van der Waals surface area contributed by atoms with Crippen molar-refractivity contribution in [3.63, 3.8) is 0 Å². The molecule has 0 aliphatic carbocycles. The van der Waals surface area contributed by atoms with Gasteiger partial charge in [-0.1, -0.05) is 6.07 Å². The van der Waals surface area contributed by atoms with Crippen molar-refractivity contribution in [2.45, 2.75) is 12.8 Å². The molecule has 0 bridgehead atoms. The lowest BCUT2D eigenvalue weighted by atomic mass is 10.0. The second-order valence-electron chi connectivity index (χ2n) is 6.88. The third-order valence-corrected chi connectivity index (χ3v) is 5.08. The van der Waals surface area contributed by atoms with Crippen molar-refractivity contribution in [1.29, 1.82) is 0 Å². The molecule has 3 aromatic rings. The molecule has 0 spiro atoms. The first-order chi connectivity index (χ1) is 14.6. The van der Waals surface area contributed by atoms with Crippen LogP contribution in [-0.2, 0) is 6.42 Å². The largest absolute Gasteiger partial charge is 0.493 e. The van der Waals surface area contributed by atoms with Gasteiger partial charge < -0.3 is 24.1 Å². The Morgan fingerprint density at radius 3 is 2.67 bits per heavy atom. The number of hydrogen-bond acceptors (Lipinski definition) is 5. The van der Waals surface area contributed by atoms with E-state index >= 15 is 0 Å². The maximum absolute atomic E-state index is 12.8. The number of ether oxygens (including phenoxy) is 2. The number of fused-ring (bicyclic) bond motifs is 1. The summed E-state index contributed by atoms with van der Waals surface area (Å²) >= 11 is 0. The van der Waals surface area contributed by atoms with Crippen molar-refractivity contribution >= 4 is 23.2 Å². The highest BCUT2D eigenvalue weighted by Crippen LogP contribution is 2.33. The average molecular weight is 406 g/mol. The van der Waals surface area contributed by atoms with E-state index in [2.05, 4.69) is 5.32 Å². The number of nitrogens with zero attached hydrogens (tertiary/aromatic N) is 1. The number of aryl methyl sites for hydroxylation is 1. The van der Waals surface area contributed by atoms with Crippen LogP contribution < -0.4 is 19.7 Å². The molecule has 0 radical (unpaired) electrons. The van der Waals surface area contributed by atoms with Crippen LogP contribution in [0.3, 0.4) is 0 Å². The zero-order valence-corrected chi connectivity index (χ0v) is 16.8. The molecule has 0 fully saturated rings. The molecule has 0 saturated heterocycles. The predicted octanol–water partition coefficient (Wildman–Crippen LogP) is 4.14. The highest BCUT2D eigenvalue weighted by Gasteiger charge is 2.25. The van der Waals surface area contributed by atoms with Crippen LogP contribution in [0.1, 0.15) is 32.9 Å². The molecule has 1 aromatic heterocycles. The Hall–Kier alpha value is -3.74. The fourth-order valence-electron chi connectivity index (χ4n) is 3.68. The number of amides is 2. The highest BCUT2D eigenvalue weighted by molar-refractivity contribution is 6.07. The molecule has 7 nitrogen and oxygen atoms in total. The molecule has 30 heavy (non-hydrogen) atoms. The molecule has 7 heteroatoms. The minimum absolute atomic E-state index is 0.168. The maximum Gasteiger partial charge on any atom is 0.293 e. The fraction of sp³-hybridized carbons (Fsp3) is 0.217. The second-order valence-corrected chi connectivity index (χ2v) is 6.88. The Bertz CT molecular complexity index is 1080. The van der Waals surface area contributed by atoms with Crippen molar-refractivity contribution in [3.05, 3.63) is 71.7 Å². The van der Waals surface area contributed by atoms with Crippen molar-refractivity contribution in [2.75, 3.05) is 31.0 Å². The molecule has 4 rings (SSSR count). The third-order valence-electron chi connectivity index (χ3n) is 5.08. The van der Waals surface area contributed by atoms with Crippen LogP contribution in [0.2, 0.25) is 0 Å². The minimum atomic E-state index is -0.301. The molecule has 1 aliphatic rings. The third kappa shape index (κ3) is 3.61.